The number of aryl methyl sites for hydroxylation is 1. The number of benzene rings is 1. The molecule has 3 heteroatoms. The average Bonchev–Trinajstić information content (AvgIpc) is 2.59. The minimum atomic E-state index is 0.123. The van der Waals surface area contributed by atoms with Gasteiger partial charge in [0.2, 0.25) is 0 Å². The summed E-state index contributed by atoms with van der Waals surface area (Å²) in [5.41, 5.74) is 3.54. The van der Waals surface area contributed by atoms with Crippen LogP contribution in [0.4, 0.5) is 0 Å². The molecule has 0 saturated carbocycles. The van der Waals surface area contributed by atoms with Crippen molar-refractivity contribution >= 4 is 37.4 Å². The molecular formula is C11H11BrOS. The molecule has 0 fully saturated rings. The molecule has 0 bridgehead atoms. The van der Waals surface area contributed by atoms with Crippen LogP contribution in [0, 0.1) is 6.92 Å². The van der Waals surface area contributed by atoms with Crippen molar-refractivity contribution in [1.29, 1.82) is 0 Å². The smallest absolute Gasteiger partial charge is 0.0698 e. The van der Waals surface area contributed by atoms with E-state index in [9.17, 15) is 5.11 Å². The summed E-state index contributed by atoms with van der Waals surface area (Å²) in [4.78, 5) is 0. The number of rotatable bonds is 2. The van der Waals surface area contributed by atoms with E-state index in [-0.39, 0.29) is 6.61 Å². The van der Waals surface area contributed by atoms with Crippen molar-refractivity contribution in [2.75, 3.05) is 0 Å². The van der Waals surface area contributed by atoms with Gasteiger partial charge in [-0.05, 0) is 34.4 Å². The third kappa shape index (κ3) is 1.49. The van der Waals surface area contributed by atoms with Crippen molar-refractivity contribution < 1.29 is 5.11 Å². The maximum absolute atomic E-state index is 9.34. The molecule has 0 spiro atoms. The predicted octanol–water partition coefficient (Wildman–Crippen LogP) is 3.60. The lowest BCUT2D eigenvalue weighted by Crippen LogP contribution is -1.91. The molecule has 1 nitrogen and oxygen atoms in total. The van der Waals surface area contributed by atoms with Crippen LogP contribution in [0.1, 0.15) is 16.7 Å². The zero-order chi connectivity index (χ0) is 10.1. The van der Waals surface area contributed by atoms with Gasteiger partial charge in [-0.2, -0.15) is 0 Å². The normalized spacial score (nSPS) is 11.1. The third-order valence-electron chi connectivity index (χ3n) is 2.44. The second-order valence-corrected chi connectivity index (χ2v) is 4.73. The summed E-state index contributed by atoms with van der Waals surface area (Å²) in [6, 6.07) is 4.22. The highest BCUT2D eigenvalue weighted by atomic mass is 79.9. The van der Waals surface area contributed by atoms with Crippen molar-refractivity contribution in [2.45, 2.75) is 18.9 Å². The first-order valence-electron chi connectivity index (χ1n) is 4.43. The first kappa shape index (κ1) is 10.1. The van der Waals surface area contributed by atoms with E-state index in [4.69, 9.17) is 0 Å². The van der Waals surface area contributed by atoms with Gasteiger partial charge in [-0.25, -0.2) is 0 Å². The van der Waals surface area contributed by atoms with Crippen LogP contribution in [-0.2, 0) is 11.9 Å². The van der Waals surface area contributed by atoms with E-state index in [0.29, 0.717) is 0 Å². The van der Waals surface area contributed by atoms with E-state index in [2.05, 4.69) is 40.4 Å². The van der Waals surface area contributed by atoms with Gasteiger partial charge < -0.3 is 5.11 Å². The monoisotopic (exact) mass is 270 g/mol. The van der Waals surface area contributed by atoms with Crippen LogP contribution in [0.5, 0.6) is 0 Å². The molecule has 1 aromatic carbocycles. The van der Waals surface area contributed by atoms with Gasteiger partial charge in [-0.1, -0.05) is 28.1 Å². The number of thiophene rings is 1. The Hall–Kier alpha value is -0.380. The van der Waals surface area contributed by atoms with Gasteiger partial charge in [-0.3, -0.25) is 0 Å². The molecule has 1 N–H and O–H groups in total. The van der Waals surface area contributed by atoms with E-state index in [0.717, 1.165) is 10.9 Å². The SMILES string of the molecule is Cc1csc2c(CO)c(CBr)ccc12. The van der Waals surface area contributed by atoms with E-state index < -0.39 is 0 Å². The van der Waals surface area contributed by atoms with Gasteiger partial charge in [0.25, 0.3) is 0 Å². The largest absolute Gasteiger partial charge is 0.392 e. The van der Waals surface area contributed by atoms with Crippen LogP contribution in [0.2, 0.25) is 0 Å². The van der Waals surface area contributed by atoms with Crippen molar-refractivity contribution in [3.05, 3.63) is 34.2 Å². The Labute approximate surface area is 95.5 Å². The highest BCUT2D eigenvalue weighted by molar-refractivity contribution is 9.08. The fraction of sp³-hybridized carbons (Fsp3) is 0.273. The van der Waals surface area contributed by atoms with Crippen LogP contribution in [0.3, 0.4) is 0 Å². The number of alkyl halides is 1. The summed E-state index contributed by atoms with van der Waals surface area (Å²) in [5, 5.41) is 13.6. The Balaban J connectivity index is 2.77. The zero-order valence-electron chi connectivity index (χ0n) is 7.88. The number of hydrogen-bond acceptors (Lipinski definition) is 2. The minimum absolute atomic E-state index is 0.123. The maximum Gasteiger partial charge on any atom is 0.0698 e. The van der Waals surface area contributed by atoms with Gasteiger partial charge in [0.15, 0.2) is 0 Å². The molecule has 14 heavy (non-hydrogen) atoms. The zero-order valence-corrected chi connectivity index (χ0v) is 10.3. The van der Waals surface area contributed by atoms with Gasteiger partial charge in [-0.15, -0.1) is 11.3 Å². The van der Waals surface area contributed by atoms with Crippen molar-refractivity contribution in [1.82, 2.24) is 0 Å². The Bertz CT molecular complexity index is 462. The van der Waals surface area contributed by atoms with E-state index in [1.165, 1.54) is 21.2 Å². The summed E-state index contributed by atoms with van der Waals surface area (Å²) in [6.07, 6.45) is 0. The molecule has 1 heterocycles. The topological polar surface area (TPSA) is 20.2 Å². The Morgan fingerprint density at radius 2 is 2.21 bits per heavy atom. The van der Waals surface area contributed by atoms with E-state index in [1.54, 1.807) is 11.3 Å². The third-order valence-corrected chi connectivity index (χ3v) is 4.22. The highest BCUT2D eigenvalue weighted by Gasteiger charge is 2.08. The Morgan fingerprint density at radius 1 is 1.43 bits per heavy atom. The lowest BCUT2D eigenvalue weighted by atomic mass is 10.1. The second kappa shape index (κ2) is 4.01. The van der Waals surface area contributed by atoms with Gasteiger partial charge in [0, 0.05) is 10.0 Å². The molecule has 2 aromatic rings. The second-order valence-electron chi connectivity index (χ2n) is 3.29. The highest BCUT2D eigenvalue weighted by Crippen LogP contribution is 2.31. The Morgan fingerprint density at radius 3 is 2.86 bits per heavy atom. The summed E-state index contributed by atoms with van der Waals surface area (Å²) in [5.74, 6) is 0. The van der Waals surface area contributed by atoms with E-state index in [1.807, 2.05) is 0 Å². The lowest BCUT2D eigenvalue weighted by Gasteiger charge is -2.05. The standard InChI is InChI=1S/C11H11BrOS/c1-7-6-14-11-9(7)3-2-8(4-12)10(11)5-13/h2-3,6,13H,4-5H2,1H3. The summed E-state index contributed by atoms with van der Waals surface area (Å²) < 4.78 is 1.22. The van der Waals surface area contributed by atoms with Gasteiger partial charge in [0.05, 0.1) is 6.61 Å². The van der Waals surface area contributed by atoms with Crippen molar-refractivity contribution in [3.8, 4) is 0 Å². The molecule has 0 amide bonds. The fourth-order valence-corrected chi connectivity index (χ4v) is 3.26. The molecule has 74 valence electrons. The number of fused-ring (bicyclic) bond motifs is 1. The Kier molecular flexibility index (Phi) is 2.91. The van der Waals surface area contributed by atoms with Crippen LogP contribution in [0.15, 0.2) is 17.5 Å². The van der Waals surface area contributed by atoms with Crippen LogP contribution in [0.25, 0.3) is 10.1 Å². The quantitative estimate of drug-likeness (QED) is 0.827. The summed E-state index contributed by atoms with van der Waals surface area (Å²) in [7, 11) is 0. The first-order valence-corrected chi connectivity index (χ1v) is 6.43. The van der Waals surface area contributed by atoms with Crippen LogP contribution >= 0.6 is 27.3 Å². The molecule has 0 saturated heterocycles. The minimum Gasteiger partial charge on any atom is -0.392 e. The van der Waals surface area contributed by atoms with Gasteiger partial charge in [0.1, 0.15) is 0 Å². The molecule has 1 aromatic heterocycles. The van der Waals surface area contributed by atoms with Gasteiger partial charge >= 0.3 is 0 Å². The summed E-state index contributed by atoms with van der Waals surface area (Å²) >= 11 is 5.15. The molecule has 0 aliphatic rings. The lowest BCUT2D eigenvalue weighted by molar-refractivity contribution is 0.282. The number of hydrogen-bond donors (Lipinski definition) is 1. The summed E-state index contributed by atoms with van der Waals surface area (Å²) in [6.45, 7) is 2.23. The maximum atomic E-state index is 9.34. The number of aliphatic hydroxyl groups is 1. The van der Waals surface area contributed by atoms with Crippen LogP contribution < -0.4 is 0 Å². The molecule has 0 radical (unpaired) electrons. The molecule has 0 aliphatic carbocycles. The van der Waals surface area contributed by atoms with E-state index >= 15 is 0 Å². The number of halogens is 1. The predicted molar refractivity (Wildman–Crippen MR) is 65.1 cm³/mol. The fourth-order valence-electron chi connectivity index (χ4n) is 1.62. The first-order chi connectivity index (χ1) is 6.77. The molecule has 0 atom stereocenters. The average molecular weight is 271 g/mol. The number of aliphatic hydroxyl groups excluding tert-OH is 1. The van der Waals surface area contributed by atoms with Crippen molar-refractivity contribution in [3.63, 3.8) is 0 Å². The molecule has 2 rings (SSSR count). The molecular weight excluding hydrogens is 260 g/mol. The molecule has 0 aliphatic heterocycles. The molecule has 0 unspecified atom stereocenters. The van der Waals surface area contributed by atoms with Crippen molar-refractivity contribution in [2.24, 2.45) is 0 Å². The van der Waals surface area contributed by atoms with Crippen LogP contribution in [-0.4, -0.2) is 5.11 Å².